The molecule has 0 saturated carbocycles. The quantitative estimate of drug-likeness (QED) is 0.718. The minimum atomic E-state index is -0.897. The van der Waals surface area contributed by atoms with Gasteiger partial charge in [-0.3, -0.25) is 9.59 Å². The molecule has 1 atom stereocenters. The predicted octanol–water partition coefficient (Wildman–Crippen LogP) is 2.36. The van der Waals surface area contributed by atoms with Gasteiger partial charge in [-0.05, 0) is 43.7 Å². The number of esters is 1. The molecule has 0 radical (unpaired) electrons. The Morgan fingerprint density at radius 2 is 1.86 bits per heavy atom. The van der Waals surface area contributed by atoms with Gasteiger partial charge < -0.3 is 15.4 Å². The van der Waals surface area contributed by atoms with Crippen molar-refractivity contribution in [3.05, 3.63) is 65.2 Å². The van der Waals surface area contributed by atoms with E-state index in [4.69, 9.17) is 10.00 Å². The lowest BCUT2D eigenvalue weighted by Gasteiger charge is -2.13. The smallest absolute Gasteiger partial charge is 0.328 e. The van der Waals surface area contributed by atoms with E-state index in [0.29, 0.717) is 11.3 Å². The molecule has 0 spiro atoms. The molecule has 144 valence electrons. The van der Waals surface area contributed by atoms with E-state index in [0.717, 1.165) is 11.1 Å². The van der Waals surface area contributed by atoms with Gasteiger partial charge in [-0.15, -0.1) is 0 Å². The highest BCUT2D eigenvalue weighted by molar-refractivity contribution is 5.97. The molecule has 0 saturated heterocycles. The molecule has 2 rings (SSSR count). The molecule has 0 aliphatic rings. The summed E-state index contributed by atoms with van der Waals surface area (Å²) in [5, 5.41) is 13.8. The summed E-state index contributed by atoms with van der Waals surface area (Å²) in [6.45, 7) is 2.88. The van der Waals surface area contributed by atoms with Gasteiger partial charge in [0.25, 0.3) is 11.8 Å². The van der Waals surface area contributed by atoms with Crippen LogP contribution in [-0.4, -0.2) is 30.4 Å². The van der Waals surface area contributed by atoms with Gasteiger partial charge in [0.05, 0.1) is 12.5 Å². The summed E-state index contributed by atoms with van der Waals surface area (Å²) in [6.07, 6.45) is 0.290. The molecule has 2 aromatic rings. The van der Waals surface area contributed by atoms with Crippen LogP contribution in [0.25, 0.3) is 0 Å². The molecule has 2 amide bonds. The van der Waals surface area contributed by atoms with E-state index in [1.165, 1.54) is 6.92 Å². The minimum Gasteiger partial charge on any atom is -0.454 e. The molecule has 0 aliphatic carbocycles. The van der Waals surface area contributed by atoms with Crippen LogP contribution in [0.15, 0.2) is 48.5 Å². The number of nitrogens with zero attached hydrogens (tertiary/aromatic N) is 1. The normalized spacial score (nSPS) is 11.0. The summed E-state index contributed by atoms with van der Waals surface area (Å²) in [6, 6.07) is 14.9. The largest absolute Gasteiger partial charge is 0.454 e. The molecule has 7 nitrogen and oxygen atoms in total. The highest BCUT2D eigenvalue weighted by Gasteiger charge is 2.19. The molecule has 28 heavy (non-hydrogen) atoms. The SMILES string of the molecule is Cc1cccc(C(=O)N[C@@H](C)C(=O)OCC(=O)Nc2ccc(CC#N)cc2)c1. The van der Waals surface area contributed by atoms with E-state index < -0.39 is 30.4 Å². The van der Waals surface area contributed by atoms with E-state index in [9.17, 15) is 14.4 Å². The molecule has 0 bridgehead atoms. The fraction of sp³-hybridized carbons (Fsp3) is 0.238. The van der Waals surface area contributed by atoms with Crippen LogP contribution in [0.5, 0.6) is 0 Å². The topological polar surface area (TPSA) is 108 Å². The zero-order chi connectivity index (χ0) is 20.5. The first-order valence-electron chi connectivity index (χ1n) is 8.69. The average molecular weight is 379 g/mol. The highest BCUT2D eigenvalue weighted by Crippen LogP contribution is 2.10. The molecule has 0 aliphatic heterocycles. The third-order valence-electron chi connectivity index (χ3n) is 3.85. The second kappa shape index (κ2) is 9.88. The number of anilines is 1. The summed E-state index contributed by atoms with van der Waals surface area (Å²) < 4.78 is 4.95. The van der Waals surface area contributed by atoms with Gasteiger partial charge in [-0.1, -0.05) is 29.8 Å². The lowest BCUT2D eigenvalue weighted by Crippen LogP contribution is -2.40. The van der Waals surface area contributed by atoms with Crippen molar-refractivity contribution in [2.45, 2.75) is 26.3 Å². The third kappa shape index (κ3) is 6.25. The molecule has 2 aromatic carbocycles. The molecule has 0 aromatic heterocycles. The van der Waals surface area contributed by atoms with E-state index in [-0.39, 0.29) is 6.42 Å². The number of carbonyl (C=O) groups is 3. The lowest BCUT2D eigenvalue weighted by molar-refractivity contribution is -0.148. The second-order valence-corrected chi connectivity index (χ2v) is 6.25. The number of hydrogen-bond donors (Lipinski definition) is 2. The number of amides is 2. The van der Waals surface area contributed by atoms with Crippen molar-refractivity contribution in [1.82, 2.24) is 5.32 Å². The maximum atomic E-state index is 12.1. The van der Waals surface area contributed by atoms with Crippen LogP contribution < -0.4 is 10.6 Å². The van der Waals surface area contributed by atoms with Crippen LogP contribution in [0.3, 0.4) is 0 Å². The Balaban J connectivity index is 1.79. The van der Waals surface area contributed by atoms with Crippen molar-refractivity contribution in [2.24, 2.45) is 0 Å². The number of ether oxygens (including phenoxy) is 1. The molecule has 0 heterocycles. The number of nitrogens with one attached hydrogen (secondary N) is 2. The first kappa shape index (κ1) is 20.6. The zero-order valence-corrected chi connectivity index (χ0v) is 15.7. The van der Waals surface area contributed by atoms with Gasteiger partial charge in [-0.25, -0.2) is 4.79 Å². The summed E-state index contributed by atoms with van der Waals surface area (Å²) in [5.74, 6) is -1.60. The van der Waals surface area contributed by atoms with E-state index in [1.807, 2.05) is 19.1 Å². The predicted molar refractivity (Wildman–Crippen MR) is 103 cm³/mol. The van der Waals surface area contributed by atoms with Gasteiger partial charge in [0.1, 0.15) is 6.04 Å². The Kier molecular flexibility index (Phi) is 7.28. The van der Waals surface area contributed by atoms with Crippen LogP contribution in [0, 0.1) is 18.3 Å². The first-order valence-corrected chi connectivity index (χ1v) is 8.69. The van der Waals surface area contributed by atoms with Crippen molar-refractivity contribution in [3.8, 4) is 6.07 Å². The Morgan fingerprint density at radius 1 is 1.14 bits per heavy atom. The number of aryl methyl sites for hydroxylation is 1. The summed E-state index contributed by atoms with van der Waals surface area (Å²) in [7, 11) is 0. The van der Waals surface area contributed by atoms with Crippen molar-refractivity contribution in [1.29, 1.82) is 5.26 Å². The second-order valence-electron chi connectivity index (χ2n) is 6.25. The fourth-order valence-corrected chi connectivity index (χ4v) is 2.38. The van der Waals surface area contributed by atoms with Crippen LogP contribution >= 0.6 is 0 Å². The maximum Gasteiger partial charge on any atom is 0.328 e. The number of rotatable bonds is 7. The number of carbonyl (C=O) groups excluding carboxylic acids is 3. The van der Waals surface area contributed by atoms with E-state index in [1.54, 1.807) is 42.5 Å². The minimum absolute atomic E-state index is 0.290. The highest BCUT2D eigenvalue weighted by atomic mass is 16.5. The fourth-order valence-electron chi connectivity index (χ4n) is 2.38. The van der Waals surface area contributed by atoms with E-state index >= 15 is 0 Å². The summed E-state index contributed by atoms with van der Waals surface area (Å²) >= 11 is 0. The monoisotopic (exact) mass is 379 g/mol. The van der Waals surface area contributed by atoms with Crippen molar-refractivity contribution >= 4 is 23.5 Å². The van der Waals surface area contributed by atoms with Crippen LogP contribution in [0.2, 0.25) is 0 Å². The first-order chi connectivity index (χ1) is 13.4. The van der Waals surface area contributed by atoms with Crippen LogP contribution in [-0.2, 0) is 20.7 Å². The number of nitriles is 1. The summed E-state index contributed by atoms with van der Waals surface area (Å²) in [5.41, 5.74) is 2.74. The van der Waals surface area contributed by atoms with E-state index in [2.05, 4.69) is 10.6 Å². The van der Waals surface area contributed by atoms with Crippen LogP contribution in [0.4, 0.5) is 5.69 Å². The Labute approximate surface area is 163 Å². The molecule has 7 heteroatoms. The molecule has 0 fully saturated rings. The van der Waals surface area contributed by atoms with Crippen molar-refractivity contribution < 1.29 is 19.1 Å². The van der Waals surface area contributed by atoms with Crippen molar-refractivity contribution in [2.75, 3.05) is 11.9 Å². The maximum absolute atomic E-state index is 12.1. The standard InChI is InChI=1S/C21H21N3O4/c1-14-4-3-5-17(12-14)20(26)23-15(2)21(27)28-13-19(25)24-18-8-6-16(7-9-18)10-11-22/h3-9,12,15H,10,13H2,1-2H3,(H,23,26)(H,24,25)/t15-/m0/s1. The van der Waals surface area contributed by atoms with Crippen molar-refractivity contribution in [3.63, 3.8) is 0 Å². The Bertz CT molecular complexity index is 901. The lowest BCUT2D eigenvalue weighted by atomic mass is 10.1. The Hall–Kier alpha value is -3.66. The van der Waals surface area contributed by atoms with Crippen LogP contribution in [0.1, 0.15) is 28.4 Å². The molecular formula is C21H21N3O4. The third-order valence-corrected chi connectivity index (χ3v) is 3.85. The van der Waals surface area contributed by atoms with Gasteiger partial charge in [0.15, 0.2) is 6.61 Å². The summed E-state index contributed by atoms with van der Waals surface area (Å²) in [4.78, 5) is 36.1. The molecule has 0 unspecified atom stereocenters. The van der Waals surface area contributed by atoms with Gasteiger partial charge in [0.2, 0.25) is 0 Å². The van der Waals surface area contributed by atoms with Gasteiger partial charge in [0, 0.05) is 11.3 Å². The number of hydrogen-bond acceptors (Lipinski definition) is 5. The Morgan fingerprint density at radius 3 is 2.50 bits per heavy atom. The van der Waals surface area contributed by atoms with Gasteiger partial charge >= 0.3 is 5.97 Å². The molecular weight excluding hydrogens is 358 g/mol. The average Bonchev–Trinajstić information content (AvgIpc) is 2.67. The number of benzene rings is 2. The molecule has 2 N–H and O–H groups in total. The van der Waals surface area contributed by atoms with Gasteiger partial charge in [-0.2, -0.15) is 5.26 Å². The zero-order valence-electron chi connectivity index (χ0n) is 15.7.